The van der Waals surface area contributed by atoms with Gasteiger partial charge in [0.15, 0.2) is 0 Å². The fraction of sp³-hybridized carbons (Fsp3) is 0.562. The summed E-state index contributed by atoms with van der Waals surface area (Å²) >= 11 is 1.64. The molecule has 0 radical (unpaired) electrons. The average Bonchev–Trinajstić information content (AvgIpc) is 3.20. The van der Waals surface area contributed by atoms with Gasteiger partial charge >= 0.3 is 0 Å². The molecule has 4 rings (SSSR count). The topological polar surface area (TPSA) is 68.5 Å². The van der Waals surface area contributed by atoms with Gasteiger partial charge in [-0.1, -0.05) is 0 Å². The normalized spacial score (nSPS) is 21.3. The standard InChI is InChI=1S/C16H19N3O3S/c1-10-17-18-15(22-10)12-9-21-7-6-19(12)16(20)14-8-11-4-2-3-5-13(11)23-14/h8,12H,2-7,9H2,1H3/t12-/m0/s1. The quantitative estimate of drug-likeness (QED) is 0.845. The van der Waals surface area contributed by atoms with Crippen LogP contribution in [-0.2, 0) is 17.6 Å². The molecule has 0 aromatic carbocycles. The molecule has 2 aliphatic rings. The van der Waals surface area contributed by atoms with Crippen molar-refractivity contribution in [2.24, 2.45) is 0 Å². The van der Waals surface area contributed by atoms with Crippen molar-refractivity contribution in [1.82, 2.24) is 15.1 Å². The number of carbonyl (C=O) groups is 1. The lowest BCUT2D eigenvalue weighted by molar-refractivity contribution is -0.0104. The van der Waals surface area contributed by atoms with Crippen molar-refractivity contribution in [1.29, 1.82) is 0 Å². The maximum absolute atomic E-state index is 13.0. The Balaban J connectivity index is 1.61. The van der Waals surface area contributed by atoms with E-state index in [9.17, 15) is 4.79 Å². The largest absolute Gasteiger partial charge is 0.423 e. The third-order valence-electron chi connectivity index (χ3n) is 4.42. The Morgan fingerprint density at radius 3 is 3.00 bits per heavy atom. The molecule has 1 saturated heterocycles. The molecule has 0 spiro atoms. The van der Waals surface area contributed by atoms with E-state index in [1.54, 1.807) is 18.3 Å². The van der Waals surface area contributed by atoms with Crippen LogP contribution in [0.15, 0.2) is 10.5 Å². The first-order valence-corrected chi connectivity index (χ1v) is 8.84. The molecule has 1 fully saturated rings. The predicted octanol–water partition coefficient (Wildman–Crippen LogP) is 2.53. The SMILES string of the molecule is Cc1nnc([C@@H]2COCCN2C(=O)c2cc3c(s2)CCCC3)o1. The third-order valence-corrected chi connectivity index (χ3v) is 5.65. The first-order valence-electron chi connectivity index (χ1n) is 8.02. The number of aryl methyl sites for hydroxylation is 3. The number of thiophene rings is 1. The van der Waals surface area contributed by atoms with E-state index in [0.717, 1.165) is 17.7 Å². The summed E-state index contributed by atoms with van der Waals surface area (Å²) < 4.78 is 11.1. The average molecular weight is 333 g/mol. The number of fused-ring (bicyclic) bond motifs is 1. The molecule has 1 atom stereocenters. The summed E-state index contributed by atoms with van der Waals surface area (Å²) in [6.45, 7) is 3.24. The molecule has 6 nitrogen and oxygen atoms in total. The lowest BCUT2D eigenvalue weighted by atomic mass is 9.99. The van der Waals surface area contributed by atoms with Crippen molar-refractivity contribution >= 4 is 17.2 Å². The van der Waals surface area contributed by atoms with Crippen LogP contribution in [-0.4, -0.2) is 40.8 Å². The van der Waals surface area contributed by atoms with Gasteiger partial charge in [0.25, 0.3) is 5.91 Å². The highest BCUT2D eigenvalue weighted by Gasteiger charge is 2.34. The smallest absolute Gasteiger partial charge is 0.264 e. The van der Waals surface area contributed by atoms with Gasteiger partial charge in [-0.25, -0.2) is 0 Å². The number of amides is 1. The van der Waals surface area contributed by atoms with Gasteiger partial charge in [-0.05, 0) is 37.3 Å². The molecule has 1 aliphatic heterocycles. The Morgan fingerprint density at radius 2 is 2.22 bits per heavy atom. The second-order valence-electron chi connectivity index (χ2n) is 6.01. The van der Waals surface area contributed by atoms with Gasteiger partial charge in [0, 0.05) is 18.3 Å². The first-order chi connectivity index (χ1) is 11.2. The van der Waals surface area contributed by atoms with Crippen LogP contribution in [0.4, 0.5) is 0 Å². The van der Waals surface area contributed by atoms with Gasteiger partial charge < -0.3 is 14.1 Å². The van der Waals surface area contributed by atoms with Crippen molar-refractivity contribution in [2.75, 3.05) is 19.8 Å². The van der Waals surface area contributed by atoms with E-state index in [1.165, 1.54) is 23.3 Å². The number of nitrogens with zero attached hydrogens (tertiary/aromatic N) is 3. The number of rotatable bonds is 2. The minimum atomic E-state index is -0.295. The van der Waals surface area contributed by atoms with Gasteiger partial charge in [-0.2, -0.15) is 0 Å². The summed E-state index contributed by atoms with van der Waals surface area (Å²) in [7, 11) is 0. The molecule has 0 saturated carbocycles. The summed E-state index contributed by atoms with van der Waals surface area (Å²) in [5.41, 5.74) is 1.35. The summed E-state index contributed by atoms with van der Waals surface area (Å²) in [4.78, 5) is 17.0. The lowest BCUT2D eigenvalue weighted by Gasteiger charge is -2.33. The van der Waals surface area contributed by atoms with E-state index in [-0.39, 0.29) is 11.9 Å². The Labute approximate surface area is 138 Å². The summed E-state index contributed by atoms with van der Waals surface area (Å²) in [5, 5.41) is 7.95. The fourth-order valence-corrected chi connectivity index (χ4v) is 4.45. The van der Waals surface area contributed by atoms with Crippen molar-refractivity contribution in [3.63, 3.8) is 0 Å². The molecular formula is C16H19N3O3S. The minimum Gasteiger partial charge on any atom is -0.423 e. The van der Waals surface area contributed by atoms with E-state index < -0.39 is 0 Å². The molecular weight excluding hydrogens is 314 g/mol. The van der Waals surface area contributed by atoms with Gasteiger partial charge in [0.1, 0.15) is 6.04 Å². The van der Waals surface area contributed by atoms with Crippen LogP contribution in [0.2, 0.25) is 0 Å². The third kappa shape index (κ3) is 2.79. The minimum absolute atomic E-state index is 0.0496. The molecule has 122 valence electrons. The molecule has 0 unspecified atom stereocenters. The van der Waals surface area contributed by atoms with E-state index in [1.807, 2.05) is 4.90 Å². The maximum atomic E-state index is 13.0. The fourth-order valence-electron chi connectivity index (χ4n) is 3.24. The Bertz CT molecular complexity index is 700. The molecule has 1 aliphatic carbocycles. The number of hydrogen-bond acceptors (Lipinski definition) is 6. The van der Waals surface area contributed by atoms with Crippen molar-refractivity contribution in [3.05, 3.63) is 33.2 Å². The van der Waals surface area contributed by atoms with Gasteiger partial charge in [0.05, 0.1) is 18.1 Å². The van der Waals surface area contributed by atoms with Crippen molar-refractivity contribution in [3.8, 4) is 0 Å². The van der Waals surface area contributed by atoms with Crippen LogP contribution in [0.3, 0.4) is 0 Å². The molecule has 7 heteroatoms. The van der Waals surface area contributed by atoms with Gasteiger partial charge in [-0.3, -0.25) is 4.79 Å². The summed E-state index contributed by atoms with van der Waals surface area (Å²) in [6, 6.07) is 1.78. The highest BCUT2D eigenvalue weighted by atomic mass is 32.1. The van der Waals surface area contributed by atoms with E-state index in [0.29, 0.717) is 31.5 Å². The highest BCUT2D eigenvalue weighted by molar-refractivity contribution is 7.14. The number of hydrogen-bond donors (Lipinski definition) is 0. The van der Waals surface area contributed by atoms with Gasteiger partial charge in [-0.15, -0.1) is 21.5 Å². The summed E-state index contributed by atoms with van der Waals surface area (Å²) in [6.07, 6.45) is 4.64. The molecule has 0 bridgehead atoms. The monoisotopic (exact) mass is 333 g/mol. The Morgan fingerprint density at radius 1 is 1.35 bits per heavy atom. The van der Waals surface area contributed by atoms with Crippen LogP contribution in [0.1, 0.15) is 50.8 Å². The lowest BCUT2D eigenvalue weighted by Crippen LogP contribution is -2.43. The van der Waals surface area contributed by atoms with Crippen LogP contribution < -0.4 is 0 Å². The number of morpholine rings is 1. The second kappa shape index (κ2) is 6.05. The van der Waals surface area contributed by atoms with E-state index >= 15 is 0 Å². The second-order valence-corrected chi connectivity index (χ2v) is 7.15. The number of aromatic nitrogens is 2. The molecule has 2 aromatic heterocycles. The van der Waals surface area contributed by atoms with E-state index in [4.69, 9.17) is 9.15 Å². The first kappa shape index (κ1) is 14.8. The maximum Gasteiger partial charge on any atom is 0.264 e. The number of carbonyl (C=O) groups excluding carboxylic acids is 1. The zero-order valence-electron chi connectivity index (χ0n) is 13.1. The molecule has 0 N–H and O–H groups in total. The van der Waals surface area contributed by atoms with Gasteiger partial charge in [0.2, 0.25) is 11.8 Å². The van der Waals surface area contributed by atoms with Crippen molar-refractivity contribution < 1.29 is 13.9 Å². The molecule has 3 heterocycles. The van der Waals surface area contributed by atoms with Crippen LogP contribution >= 0.6 is 11.3 Å². The van der Waals surface area contributed by atoms with Crippen molar-refractivity contribution in [2.45, 2.75) is 38.6 Å². The molecule has 2 aromatic rings. The zero-order valence-corrected chi connectivity index (χ0v) is 13.9. The molecule has 23 heavy (non-hydrogen) atoms. The van der Waals surface area contributed by atoms with E-state index in [2.05, 4.69) is 16.3 Å². The van der Waals surface area contributed by atoms with Crippen LogP contribution in [0.5, 0.6) is 0 Å². The molecule has 1 amide bonds. The Hall–Kier alpha value is -1.73. The Kier molecular flexibility index (Phi) is 3.90. The highest BCUT2D eigenvalue weighted by Crippen LogP contribution is 2.32. The van der Waals surface area contributed by atoms with Crippen LogP contribution in [0, 0.1) is 6.92 Å². The number of ether oxygens (including phenoxy) is 1. The predicted molar refractivity (Wildman–Crippen MR) is 84.6 cm³/mol. The summed E-state index contributed by atoms with van der Waals surface area (Å²) in [5.74, 6) is 1.01. The zero-order chi connectivity index (χ0) is 15.8. The van der Waals surface area contributed by atoms with Crippen LogP contribution in [0.25, 0.3) is 0 Å².